The molecule has 0 aliphatic heterocycles. The van der Waals surface area contributed by atoms with Gasteiger partial charge in [-0.2, -0.15) is 0 Å². The van der Waals surface area contributed by atoms with Crippen LogP contribution in [0.5, 0.6) is 5.75 Å². The lowest BCUT2D eigenvalue weighted by Gasteiger charge is -2.07. The number of fused-ring (bicyclic) bond motifs is 1. The predicted molar refractivity (Wildman–Crippen MR) is 120 cm³/mol. The molecular weight excluding hydrogens is 406 g/mol. The van der Waals surface area contributed by atoms with E-state index in [1.54, 1.807) is 36.4 Å². The van der Waals surface area contributed by atoms with Crippen molar-refractivity contribution in [3.05, 3.63) is 107 Å². The van der Waals surface area contributed by atoms with Gasteiger partial charge in [-0.1, -0.05) is 54.6 Å². The zero-order chi connectivity index (χ0) is 22.3. The van der Waals surface area contributed by atoms with Crippen molar-refractivity contribution in [2.24, 2.45) is 5.10 Å². The van der Waals surface area contributed by atoms with E-state index in [1.165, 1.54) is 7.11 Å². The highest BCUT2D eigenvalue weighted by atomic mass is 16.5. The van der Waals surface area contributed by atoms with Crippen molar-refractivity contribution < 1.29 is 18.7 Å². The summed E-state index contributed by atoms with van der Waals surface area (Å²) in [6.07, 6.45) is 0. The molecule has 0 saturated carbocycles. The van der Waals surface area contributed by atoms with Crippen molar-refractivity contribution in [2.75, 3.05) is 7.11 Å². The second-order valence-electron chi connectivity index (χ2n) is 6.96. The minimum absolute atomic E-state index is 0.00510. The number of para-hydroxylation sites is 1. The number of nitrogens with zero attached hydrogens (tertiary/aromatic N) is 1. The second-order valence-corrected chi connectivity index (χ2v) is 6.96. The summed E-state index contributed by atoms with van der Waals surface area (Å²) in [6, 6.07) is 25.2. The summed E-state index contributed by atoms with van der Waals surface area (Å²) in [5.74, 6) is -0.269. The Balaban J connectivity index is 1.64. The smallest absolute Gasteiger partial charge is 0.271 e. The van der Waals surface area contributed by atoms with Gasteiger partial charge in [-0.3, -0.25) is 9.59 Å². The summed E-state index contributed by atoms with van der Waals surface area (Å²) in [5.41, 5.74) is 4.54. The fraction of sp³-hybridized carbons (Fsp3) is 0.0800. The highest BCUT2D eigenvalue weighted by Crippen LogP contribution is 2.14. The summed E-state index contributed by atoms with van der Waals surface area (Å²) >= 11 is 0. The molecule has 7 heteroatoms. The van der Waals surface area contributed by atoms with Crippen LogP contribution in [0, 0.1) is 0 Å². The number of amides is 2. The topological polar surface area (TPSA) is 92.9 Å². The second kappa shape index (κ2) is 9.61. The molecule has 1 aromatic heterocycles. The van der Waals surface area contributed by atoms with Gasteiger partial charge in [0, 0.05) is 17.5 Å². The molecule has 3 aromatic carbocycles. The average molecular weight is 427 g/mol. The number of methoxy groups -OCH3 is 1. The molecule has 0 unspecified atom stereocenters. The monoisotopic (exact) mass is 427 g/mol. The van der Waals surface area contributed by atoms with Gasteiger partial charge in [-0.25, -0.2) is 5.43 Å². The number of hydrogen-bond donors (Lipinski definition) is 2. The van der Waals surface area contributed by atoms with Gasteiger partial charge in [-0.15, -0.1) is 5.10 Å². The molecule has 0 saturated heterocycles. The van der Waals surface area contributed by atoms with Gasteiger partial charge in [0.2, 0.25) is 5.55 Å². The first-order chi connectivity index (χ1) is 15.6. The van der Waals surface area contributed by atoms with E-state index in [4.69, 9.17) is 9.15 Å². The summed E-state index contributed by atoms with van der Waals surface area (Å²) in [7, 11) is 1.52. The van der Waals surface area contributed by atoms with Gasteiger partial charge in [0.1, 0.15) is 16.9 Å². The van der Waals surface area contributed by atoms with Gasteiger partial charge in [0.25, 0.3) is 11.8 Å². The molecule has 1 heterocycles. The molecule has 2 N–H and O–H groups in total. The lowest BCUT2D eigenvalue weighted by atomic mass is 10.1. The van der Waals surface area contributed by atoms with Crippen molar-refractivity contribution in [2.45, 2.75) is 6.54 Å². The van der Waals surface area contributed by atoms with E-state index < -0.39 is 5.91 Å². The Hall–Kier alpha value is -4.39. The number of carbonyl (C=O) groups is 2. The Morgan fingerprint density at radius 1 is 0.906 bits per heavy atom. The van der Waals surface area contributed by atoms with Gasteiger partial charge in [0.15, 0.2) is 0 Å². The standard InChI is InChI=1S/C25H21N3O4/c1-31-20-12-7-11-19(14-20)23(29)27-28-25-21(15-18-10-5-6-13-22(18)32-25)24(30)26-16-17-8-3-2-4-9-17/h2-15H,16H2,1H3,(H,26,30)(H,27,29). The zero-order valence-corrected chi connectivity index (χ0v) is 17.4. The van der Waals surface area contributed by atoms with Crippen molar-refractivity contribution >= 4 is 22.8 Å². The van der Waals surface area contributed by atoms with Gasteiger partial charge < -0.3 is 14.5 Å². The lowest BCUT2D eigenvalue weighted by Crippen LogP contribution is -2.30. The largest absolute Gasteiger partial charge is 0.497 e. The van der Waals surface area contributed by atoms with Crippen LogP contribution in [0.2, 0.25) is 0 Å². The highest BCUT2D eigenvalue weighted by molar-refractivity contribution is 5.97. The van der Waals surface area contributed by atoms with Gasteiger partial charge in [0.05, 0.1) is 7.11 Å². The van der Waals surface area contributed by atoms with Crippen LogP contribution in [0.4, 0.5) is 0 Å². The minimum atomic E-state index is -0.456. The fourth-order valence-corrected chi connectivity index (χ4v) is 3.12. The Morgan fingerprint density at radius 2 is 1.69 bits per heavy atom. The Kier molecular flexibility index (Phi) is 6.27. The quantitative estimate of drug-likeness (QED) is 0.460. The third-order valence-electron chi connectivity index (χ3n) is 4.79. The van der Waals surface area contributed by atoms with Crippen LogP contribution >= 0.6 is 0 Å². The molecule has 4 rings (SSSR count). The zero-order valence-electron chi connectivity index (χ0n) is 17.4. The van der Waals surface area contributed by atoms with E-state index in [0.717, 1.165) is 10.9 Å². The molecule has 0 aliphatic rings. The van der Waals surface area contributed by atoms with E-state index in [2.05, 4.69) is 15.8 Å². The van der Waals surface area contributed by atoms with Crippen LogP contribution in [-0.2, 0) is 6.54 Å². The van der Waals surface area contributed by atoms with Crippen molar-refractivity contribution in [1.29, 1.82) is 0 Å². The van der Waals surface area contributed by atoms with Crippen LogP contribution in [0.15, 0.2) is 94.4 Å². The van der Waals surface area contributed by atoms with Crippen LogP contribution in [-0.4, -0.2) is 18.9 Å². The van der Waals surface area contributed by atoms with Crippen LogP contribution in [0.3, 0.4) is 0 Å². The first-order valence-electron chi connectivity index (χ1n) is 9.97. The van der Waals surface area contributed by atoms with Gasteiger partial charge >= 0.3 is 0 Å². The molecule has 2 amide bonds. The van der Waals surface area contributed by atoms with Gasteiger partial charge in [-0.05, 0) is 35.9 Å². The number of rotatable bonds is 6. The summed E-state index contributed by atoms with van der Waals surface area (Å²) in [5, 5.41) is 7.71. The SMILES string of the molecule is COc1cccc(C(=O)NN=c2oc3ccccc3cc2C(=O)NCc2ccccc2)c1. The summed E-state index contributed by atoms with van der Waals surface area (Å²) in [6.45, 7) is 0.349. The van der Waals surface area contributed by atoms with Crippen LogP contribution < -0.4 is 21.0 Å². The molecule has 0 spiro atoms. The van der Waals surface area contributed by atoms with E-state index in [-0.39, 0.29) is 17.0 Å². The third-order valence-corrected chi connectivity index (χ3v) is 4.79. The Labute approximate surface area is 184 Å². The Bertz CT molecular complexity index is 1330. The van der Waals surface area contributed by atoms with E-state index >= 15 is 0 Å². The molecule has 4 aromatic rings. The maximum absolute atomic E-state index is 12.9. The van der Waals surface area contributed by atoms with E-state index in [1.807, 2.05) is 48.5 Å². The number of benzene rings is 3. The molecule has 0 bridgehead atoms. The molecule has 160 valence electrons. The van der Waals surface area contributed by atoms with Crippen molar-refractivity contribution in [1.82, 2.24) is 10.7 Å². The molecule has 0 aliphatic carbocycles. The molecule has 32 heavy (non-hydrogen) atoms. The average Bonchev–Trinajstić information content (AvgIpc) is 2.85. The predicted octanol–water partition coefficient (Wildman–Crippen LogP) is 3.62. The molecule has 0 radical (unpaired) electrons. The molecule has 7 nitrogen and oxygen atoms in total. The summed E-state index contributed by atoms with van der Waals surface area (Å²) < 4.78 is 11.0. The molecule has 0 fully saturated rings. The number of nitrogens with one attached hydrogen (secondary N) is 2. The highest BCUT2D eigenvalue weighted by Gasteiger charge is 2.13. The third kappa shape index (κ3) is 4.84. The van der Waals surface area contributed by atoms with Crippen LogP contribution in [0.25, 0.3) is 11.0 Å². The number of ether oxygens (including phenoxy) is 1. The maximum atomic E-state index is 12.9. The van der Waals surface area contributed by atoms with E-state index in [0.29, 0.717) is 23.4 Å². The Morgan fingerprint density at radius 3 is 2.50 bits per heavy atom. The minimum Gasteiger partial charge on any atom is -0.497 e. The first-order valence-corrected chi connectivity index (χ1v) is 9.97. The van der Waals surface area contributed by atoms with E-state index in [9.17, 15) is 9.59 Å². The summed E-state index contributed by atoms with van der Waals surface area (Å²) in [4.78, 5) is 25.5. The normalized spacial score (nSPS) is 11.2. The first kappa shape index (κ1) is 20.9. The molecular formula is C25H21N3O4. The lowest BCUT2D eigenvalue weighted by molar-refractivity contribution is 0.0932. The van der Waals surface area contributed by atoms with Crippen LogP contribution in [0.1, 0.15) is 26.3 Å². The van der Waals surface area contributed by atoms with Crippen molar-refractivity contribution in [3.63, 3.8) is 0 Å². The molecule has 0 atom stereocenters. The number of hydrogen-bond acceptors (Lipinski definition) is 5. The maximum Gasteiger partial charge on any atom is 0.271 e. The fourth-order valence-electron chi connectivity index (χ4n) is 3.12. The van der Waals surface area contributed by atoms with Crippen molar-refractivity contribution in [3.8, 4) is 5.75 Å². The number of carbonyl (C=O) groups excluding carboxylic acids is 2.